The van der Waals surface area contributed by atoms with Crippen LogP contribution in [0.4, 0.5) is 17.6 Å². The van der Waals surface area contributed by atoms with Crippen LogP contribution in [0.1, 0.15) is 27.8 Å². The average molecular weight is 363 g/mol. The van der Waals surface area contributed by atoms with Crippen molar-refractivity contribution in [2.75, 3.05) is 6.54 Å². The lowest BCUT2D eigenvalue weighted by atomic mass is 9.94. The second-order valence-corrected chi connectivity index (χ2v) is 6.31. The minimum Gasteiger partial charge on any atom is -0.335 e. The van der Waals surface area contributed by atoms with Crippen molar-refractivity contribution in [3.8, 4) is 0 Å². The van der Waals surface area contributed by atoms with Crippen LogP contribution in [0.25, 0.3) is 0 Å². The minimum absolute atomic E-state index is 0.144. The highest BCUT2D eigenvalue weighted by Gasteiger charge is 2.34. The minimum atomic E-state index is -4.72. The highest BCUT2D eigenvalue weighted by molar-refractivity contribution is 5.87. The van der Waals surface area contributed by atoms with Gasteiger partial charge in [0.1, 0.15) is 5.82 Å². The van der Waals surface area contributed by atoms with Crippen molar-refractivity contribution < 1.29 is 22.4 Å². The maximum Gasteiger partial charge on any atom is 0.419 e. The van der Waals surface area contributed by atoms with Crippen LogP contribution < -0.4 is 0 Å². The van der Waals surface area contributed by atoms with Gasteiger partial charge in [0.15, 0.2) is 0 Å². The molecule has 136 valence electrons. The summed E-state index contributed by atoms with van der Waals surface area (Å²) in [6.45, 7) is 4.55. The maximum atomic E-state index is 13.4. The Bertz CT molecular complexity index is 857. The summed E-state index contributed by atoms with van der Waals surface area (Å²) < 4.78 is 52.0. The third-order valence-corrected chi connectivity index (χ3v) is 4.51. The molecule has 0 spiro atoms. The van der Waals surface area contributed by atoms with E-state index >= 15 is 0 Å². The molecule has 1 aliphatic heterocycles. The van der Waals surface area contributed by atoms with Crippen LogP contribution in [-0.4, -0.2) is 17.4 Å². The Hall–Kier alpha value is -2.63. The normalized spacial score (nSPS) is 14.1. The van der Waals surface area contributed by atoms with Crippen LogP contribution in [0.15, 0.2) is 49.1 Å². The molecule has 2 aromatic carbocycles. The highest BCUT2D eigenvalue weighted by Crippen LogP contribution is 2.32. The van der Waals surface area contributed by atoms with Crippen LogP contribution in [0.3, 0.4) is 0 Å². The Labute approximate surface area is 148 Å². The summed E-state index contributed by atoms with van der Waals surface area (Å²) in [6, 6.07) is 8.75. The number of amides is 1. The third kappa shape index (κ3) is 3.79. The fourth-order valence-corrected chi connectivity index (χ4v) is 3.17. The lowest BCUT2D eigenvalue weighted by Gasteiger charge is -2.28. The molecule has 26 heavy (non-hydrogen) atoms. The van der Waals surface area contributed by atoms with Gasteiger partial charge in [0.2, 0.25) is 5.91 Å². The van der Waals surface area contributed by atoms with Crippen LogP contribution in [0.2, 0.25) is 0 Å². The summed E-state index contributed by atoms with van der Waals surface area (Å²) in [7, 11) is 0. The van der Waals surface area contributed by atoms with E-state index < -0.39 is 17.6 Å². The van der Waals surface area contributed by atoms with Gasteiger partial charge in [-0.3, -0.25) is 4.79 Å². The van der Waals surface area contributed by atoms with Gasteiger partial charge >= 0.3 is 6.18 Å². The van der Waals surface area contributed by atoms with Gasteiger partial charge in [-0.25, -0.2) is 4.39 Å². The van der Waals surface area contributed by atoms with E-state index in [-0.39, 0.29) is 12.3 Å². The van der Waals surface area contributed by atoms with Crippen molar-refractivity contribution in [2.45, 2.75) is 25.6 Å². The molecule has 0 bridgehead atoms. The second-order valence-electron chi connectivity index (χ2n) is 6.31. The first-order valence-electron chi connectivity index (χ1n) is 8.15. The van der Waals surface area contributed by atoms with Gasteiger partial charge in [-0.05, 0) is 53.3 Å². The topological polar surface area (TPSA) is 20.3 Å². The Kier molecular flexibility index (Phi) is 4.85. The Balaban J connectivity index is 1.84. The van der Waals surface area contributed by atoms with Crippen molar-refractivity contribution in [1.82, 2.24) is 4.90 Å². The number of rotatable bonds is 3. The molecular formula is C20H17F4NO. The summed E-state index contributed by atoms with van der Waals surface area (Å²) in [4.78, 5) is 13.5. The number of halogens is 4. The van der Waals surface area contributed by atoms with E-state index in [2.05, 4.69) is 6.58 Å². The zero-order chi connectivity index (χ0) is 18.9. The molecule has 2 nitrogen and oxygen atoms in total. The molecule has 2 aromatic rings. The van der Waals surface area contributed by atoms with Crippen molar-refractivity contribution in [3.63, 3.8) is 0 Å². The van der Waals surface area contributed by atoms with Crippen LogP contribution in [0, 0.1) is 5.82 Å². The molecule has 0 saturated carbocycles. The van der Waals surface area contributed by atoms with Gasteiger partial charge < -0.3 is 4.90 Å². The Morgan fingerprint density at radius 3 is 2.50 bits per heavy atom. The van der Waals surface area contributed by atoms with E-state index in [0.29, 0.717) is 18.7 Å². The van der Waals surface area contributed by atoms with E-state index in [1.54, 1.807) is 4.90 Å². The average Bonchev–Trinajstić information content (AvgIpc) is 2.61. The van der Waals surface area contributed by atoms with Crippen LogP contribution in [0.5, 0.6) is 0 Å². The summed E-state index contributed by atoms with van der Waals surface area (Å²) in [6.07, 6.45) is -2.47. The Morgan fingerprint density at radius 1 is 1.12 bits per heavy atom. The molecule has 1 amide bonds. The first-order chi connectivity index (χ1) is 12.3. The molecule has 0 radical (unpaired) electrons. The van der Waals surface area contributed by atoms with Gasteiger partial charge in [-0.15, -0.1) is 0 Å². The highest BCUT2D eigenvalue weighted by atomic mass is 19.4. The molecule has 0 saturated heterocycles. The molecule has 6 heteroatoms. The van der Waals surface area contributed by atoms with E-state index in [1.807, 2.05) is 18.2 Å². The molecule has 1 aliphatic rings. The molecule has 0 fully saturated rings. The molecule has 0 aliphatic carbocycles. The molecule has 0 aromatic heterocycles. The quantitative estimate of drug-likeness (QED) is 0.581. The Morgan fingerprint density at radius 2 is 1.81 bits per heavy atom. The number of carbonyl (C=O) groups excluding carboxylic acids is 1. The monoisotopic (exact) mass is 363 g/mol. The van der Waals surface area contributed by atoms with E-state index in [0.717, 1.165) is 35.2 Å². The molecule has 3 rings (SSSR count). The van der Waals surface area contributed by atoms with Gasteiger partial charge in [0.05, 0.1) is 5.56 Å². The first-order valence-corrected chi connectivity index (χ1v) is 8.15. The smallest absolute Gasteiger partial charge is 0.335 e. The van der Waals surface area contributed by atoms with Crippen molar-refractivity contribution >= 4 is 5.91 Å². The van der Waals surface area contributed by atoms with Crippen molar-refractivity contribution in [2.24, 2.45) is 0 Å². The maximum absolute atomic E-state index is 13.4. The fourth-order valence-electron chi connectivity index (χ4n) is 3.17. The lowest BCUT2D eigenvalue weighted by molar-refractivity contribution is -0.140. The van der Waals surface area contributed by atoms with Crippen molar-refractivity contribution in [1.29, 1.82) is 0 Å². The molecular weight excluding hydrogens is 346 g/mol. The van der Waals surface area contributed by atoms with E-state index in [4.69, 9.17) is 0 Å². The number of hydrogen-bond donors (Lipinski definition) is 0. The van der Waals surface area contributed by atoms with Crippen LogP contribution >= 0.6 is 0 Å². The standard InChI is InChI=1S/C20H17F4NO/c1-2-19(26)25-8-7-15-5-3-13(10-16(15)12-25)9-14-4-6-18(21)17(11-14)20(22,23)24/h2-6,10-11H,1,7-9,12H2. The van der Waals surface area contributed by atoms with Crippen molar-refractivity contribution in [3.05, 3.63) is 82.7 Å². The van der Waals surface area contributed by atoms with E-state index in [9.17, 15) is 22.4 Å². The SMILES string of the molecule is C=CC(=O)N1CCc2ccc(Cc3ccc(F)c(C(F)(F)F)c3)cc2C1. The summed E-state index contributed by atoms with van der Waals surface area (Å²) in [5.41, 5.74) is 2.04. The number of hydrogen-bond acceptors (Lipinski definition) is 1. The zero-order valence-corrected chi connectivity index (χ0v) is 13.9. The third-order valence-electron chi connectivity index (χ3n) is 4.51. The van der Waals surface area contributed by atoms with Gasteiger partial charge in [0, 0.05) is 13.1 Å². The summed E-state index contributed by atoms with van der Waals surface area (Å²) >= 11 is 0. The summed E-state index contributed by atoms with van der Waals surface area (Å²) in [5.74, 6) is -1.42. The lowest BCUT2D eigenvalue weighted by Crippen LogP contribution is -2.34. The number of nitrogens with zero attached hydrogens (tertiary/aromatic N) is 1. The molecule has 1 heterocycles. The molecule has 0 unspecified atom stereocenters. The van der Waals surface area contributed by atoms with E-state index in [1.165, 1.54) is 12.1 Å². The predicted octanol–water partition coefficient (Wildman–Crippen LogP) is 4.51. The number of fused-ring (bicyclic) bond motifs is 1. The number of carbonyl (C=O) groups is 1. The fraction of sp³-hybridized carbons (Fsp3) is 0.250. The predicted molar refractivity (Wildman–Crippen MR) is 90.0 cm³/mol. The molecule has 0 N–H and O–H groups in total. The largest absolute Gasteiger partial charge is 0.419 e. The van der Waals surface area contributed by atoms with Gasteiger partial charge in [-0.1, -0.05) is 30.8 Å². The number of benzene rings is 2. The van der Waals surface area contributed by atoms with Gasteiger partial charge in [-0.2, -0.15) is 13.2 Å². The van der Waals surface area contributed by atoms with Gasteiger partial charge in [0.25, 0.3) is 0 Å². The summed E-state index contributed by atoms with van der Waals surface area (Å²) in [5, 5.41) is 0. The molecule has 0 atom stereocenters. The first kappa shape index (κ1) is 18.2. The second kappa shape index (κ2) is 6.94. The zero-order valence-electron chi connectivity index (χ0n) is 13.9. The van der Waals surface area contributed by atoms with Crippen LogP contribution in [-0.2, 0) is 30.4 Å². The number of alkyl halides is 3.